The second-order valence-electron chi connectivity index (χ2n) is 6.52. The standard InChI is InChI=1S/C15H29N3O/c1-11(2)10-16-15(19)12(3)17-13-7-9-18-8-5-4-6-14(13)18/h11-14,17H,4-10H2,1-3H3,(H,16,19). The molecule has 0 aromatic heterocycles. The monoisotopic (exact) mass is 267 g/mol. The second kappa shape index (κ2) is 6.71. The molecule has 0 bridgehead atoms. The quantitative estimate of drug-likeness (QED) is 0.790. The number of fused-ring (bicyclic) bond motifs is 1. The van der Waals surface area contributed by atoms with Crippen LogP contribution in [-0.4, -0.2) is 48.6 Å². The summed E-state index contributed by atoms with van der Waals surface area (Å²) in [5.41, 5.74) is 0. The van der Waals surface area contributed by atoms with Gasteiger partial charge >= 0.3 is 0 Å². The maximum Gasteiger partial charge on any atom is 0.236 e. The maximum atomic E-state index is 12.0. The molecular formula is C15H29N3O. The molecule has 0 spiro atoms. The minimum atomic E-state index is -0.0781. The molecule has 0 aromatic rings. The average Bonchev–Trinajstić information content (AvgIpc) is 2.79. The third kappa shape index (κ3) is 3.93. The highest BCUT2D eigenvalue weighted by molar-refractivity contribution is 5.81. The molecule has 0 aromatic carbocycles. The largest absolute Gasteiger partial charge is 0.354 e. The van der Waals surface area contributed by atoms with Gasteiger partial charge in [0.15, 0.2) is 0 Å². The number of carbonyl (C=O) groups excluding carboxylic acids is 1. The van der Waals surface area contributed by atoms with E-state index in [-0.39, 0.29) is 11.9 Å². The highest BCUT2D eigenvalue weighted by atomic mass is 16.2. The zero-order chi connectivity index (χ0) is 13.8. The molecule has 2 aliphatic rings. The van der Waals surface area contributed by atoms with Crippen LogP contribution in [0.3, 0.4) is 0 Å². The van der Waals surface area contributed by atoms with Crippen LogP contribution in [0.15, 0.2) is 0 Å². The molecule has 19 heavy (non-hydrogen) atoms. The van der Waals surface area contributed by atoms with Crippen LogP contribution in [0.4, 0.5) is 0 Å². The fourth-order valence-corrected chi connectivity index (χ4v) is 3.30. The molecule has 2 N–H and O–H groups in total. The molecule has 1 amide bonds. The van der Waals surface area contributed by atoms with Crippen molar-refractivity contribution in [3.63, 3.8) is 0 Å². The van der Waals surface area contributed by atoms with Crippen LogP contribution in [0.1, 0.15) is 46.5 Å². The Morgan fingerprint density at radius 1 is 1.21 bits per heavy atom. The van der Waals surface area contributed by atoms with Crippen molar-refractivity contribution in [1.29, 1.82) is 0 Å². The molecule has 2 saturated heterocycles. The Bertz CT molecular complexity index is 306. The van der Waals surface area contributed by atoms with Gasteiger partial charge in [0.2, 0.25) is 5.91 Å². The first-order chi connectivity index (χ1) is 9.08. The first kappa shape index (κ1) is 14.8. The van der Waals surface area contributed by atoms with E-state index < -0.39 is 0 Å². The van der Waals surface area contributed by atoms with Gasteiger partial charge in [0.1, 0.15) is 0 Å². The number of hydrogen-bond donors (Lipinski definition) is 2. The van der Waals surface area contributed by atoms with Crippen LogP contribution in [0.5, 0.6) is 0 Å². The van der Waals surface area contributed by atoms with Gasteiger partial charge in [0.05, 0.1) is 6.04 Å². The third-order valence-electron chi connectivity index (χ3n) is 4.40. The summed E-state index contributed by atoms with van der Waals surface area (Å²) in [7, 11) is 0. The van der Waals surface area contributed by atoms with E-state index >= 15 is 0 Å². The Labute approximate surface area is 117 Å². The minimum absolute atomic E-state index is 0.0781. The SMILES string of the molecule is CC(C)CNC(=O)C(C)NC1CCN2CCCCC12. The van der Waals surface area contributed by atoms with Crippen molar-refractivity contribution in [2.45, 2.75) is 64.6 Å². The van der Waals surface area contributed by atoms with Gasteiger partial charge in [0.25, 0.3) is 0 Å². The van der Waals surface area contributed by atoms with Crippen molar-refractivity contribution in [2.24, 2.45) is 5.92 Å². The van der Waals surface area contributed by atoms with E-state index in [4.69, 9.17) is 0 Å². The number of rotatable bonds is 5. The van der Waals surface area contributed by atoms with Crippen molar-refractivity contribution >= 4 is 5.91 Å². The maximum absolute atomic E-state index is 12.0. The van der Waals surface area contributed by atoms with Crippen molar-refractivity contribution in [2.75, 3.05) is 19.6 Å². The molecule has 2 fully saturated rings. The summed E-state index contributed by atoms with van der Waals surface area (Å²) in [6, 6.07) is 1.08. The molecule has 2 heterocycles. The fourth-order valence-electron chi connectivity index (χ4n) is 3.30. The third-order valence-corrected chi connectivity index (χ3v) is 4.40. The molecule has 110 valence electrons. The minimum Gasteiger partial charge on any atom is -0.354 e. The Morgan fingerprint density at radius 3 is 2.74 bits per heavy atom. The number of nitrogens with zero attached hydrogens (tertiary/aromatic N) is 1. The van der Waals surface area contributed by atoms with Gasteiger partial charge in [-0.05, 0) is 38.6 Å². The van der Waals surface area contributed by atoms with Crippen LogP contribution in [0.2, 0.25) is 0 Å². The summed E-state index contributed by atoms with van der Waals surface area (Å²) in [6.45, 7) is 9.44. The summed E-state index contributed by atoms with van der Waals surface area (Å²) in [5.74, 6) is 0.652. The highest BCUT2D eigenvalue weighted by Crippen LogP contribution is 2.27. The van der Waals surface area contributed by atoms with Crippen LogP contribution in [-0.2, 0) is 4.79 Å². The first-order valence-electron chi connectivity index (χ1n) is 7.85. The summed E-state index contributed by atoms with van der Waals surface area (Å²) in [5, 5.41) is 6.56. The Morgan fingerprint density at radius 2 is 2.00 bits per heavy atom. The number of piperidine rings is 1. The van der Waals surface area contributed by atoms with Crippen LogP contribution in [0.25, 0.3) is 0 Å². The molecule has 4 heteroatoms. The summed E-state index contributed by atoms with van der Waals surface area (Å²) in [6.07, 6.45) is 5.16. The normalized spacial score (nSPS) is 29.3. The zero-order valence-corrected chi connectivity index (χ0v) is 12.6. The second-order valence-corrected chi connectivity index (χ2v) is 6.52. The van der Waals surface area contributed by atoms with Crippen LogP contribution < -0.4 is 10.6 Å². The van der Waals surface area contributed by atoms with E-state index in [0.29, 0.717) is 18.0 Å². The van der Waals surface area contributed by atoms with Gasteiger partial charge in [-0.15, -0.1) is 0 Å². The fraction of sp³-hybridized carbons (Fsp3) is 0.933. The molecule has 2 aliphatic heterocycles. The Kier molecular flexibility index (Phi) is 5.22. The number of nitrogens with one attached hydrogen (secondary N) is 2. The van der Waals surface area contributed by atoms with Crippen molar-refractivity contribution < 1.29 is 4.79 Å². The highest BCUT2D eigenvalue weighted by Gasteiger charge is 2.36. The van der Waals surface area contributed by atoms with Gasteiger partial charge in [-0.1, -0.05) is 20.3 Å². The van der Waals surface area contributed by atoms with Crippen molar-refractivity contribution in [3.05, 3.63) is 0 Å². The Hall–Kier alpha value is -0.610. The summed E-state index contributed by atoms with van der Waals surface area (Å²) in [4.78, 5) is 14.6. The molecule has 3 atom stereocenters. The van der Waals surface area contributed by atoms with Crippen LogP contribution >= 0.6 is 0 Å². The smallest absolute Gasteiger partial charge is 0.236 e. The Balaban J connectivity index is 1.78. The van der Waals surface area contributed by atoms with E-state index in [0.717, 1.165) is 6.54 Å². The molecule has 3 unspecified atom stereocenters. The van der Waals surface area contributed by atoms with E-state index in [2.05, 4.69) is 29.4 Å². The zero-order valence-electron chi connectivity index (χ0n) is 12.6. The average molecular weight is 267 g/mol. The number of hydrogen-bond acceptors (Lipinski definition) is 3. The van der Waals surface area contributed by atoms with Crippen molar-refractivity contribution in [3.8, 4) is 0 Å². The van der Waals surface area contributed by atoms with Gasteiger partial charge in [-0.3, -0.25) is 9.69 Å². The summed E-state index contributed by atoms with van der Waals surface area (Å²) >= 11 is 0. The lowest BCUT2D eigenvalue weighted by molar-refractivity contribution is -0.123. The molecular weight excluding hydrogens is 238 g/mol. The number of amides is 1. The van der Waals surface area contributed by atoms with Gasteiger partial charge in [0, 0.05) is 25.2 Å². The first-order valence-corrected chi connectivity index (χ1v) is 7.85. The summed E-state index contributed by atoms with van der Waals surface area (Å²) < 4.78 is 0. The molecule has 0 radical (unpaired) electrons. The van der Waals surface area contributed by atoms with E-state index in [9.17, 15) is 4.79 Å². The predicted molar refractivity (Wildman–Crippen MR) is 78.1 cm³/mol. The van der Waals surface area contributed by atoms with E-state index in [1.54, 1.807) is 0 Å². The molecule has 2 rings (SSSR count). The lowest BCUT2D eigenvalue weighted by atomic mass is 9.98. The number of carbonyl (C=O) groups is 1. The van der Waals surface area contributed by atoms with Crippen LogP contribution in [0, 0.1) is 5.92 Å². The topological polar surface area (TPSA) is 44.4 Å². The molecule has 0 aliphatic carbocycles. The van der Waals surface area contributed by atoms with Gasteiger partial charge < -0.3 is 10.6 Å². The predicted octanol–water partition coefficient (Wildman–Crippen LogP) is 1.36. The molecule has 0 saturated carbocycles. The lowest BCUT2D eigenvalue weighted by Crippen LogP contribution is -2.52. The van der Waals surface area contributed by atoms with E-state index in [1.807, 2.05) is 6.92 Å². The van der Waals surface area contributed by atoms with Crippen molar-refractivity contribution in [1.82, 2.24) is 15.5 Å². The van der Waals surface area contributed by atoms with E-state index in [1.165, 1.54) is 38.8 Å². The van der Waals surface area contributed by atoms with Gasteiger partial charge in [-0.2, -0.15) is 0 Å². The van der Waals surface area contributed by atoms with Gasteiger partial charge in [-0.25, -0.2) is 0 Å². The molecule has 4 nitrogen and oxygen atoms in total. The lowest BCUT2D eigenvalue weighted by Gasteiger charge is -2.33.